The summed E-state index contributed by atoms with van der Waals surface area (Å²) in [7, 11) is 0. The Kier molecular flexibility index (Phi) is 11.0. The Labute approximate surface area is 216 Å². The summed E-state index contributed by atoms with van der Waals surface area (Å²) in [6.45, 7) is 8.97. The number of aryl methyl sites for hydroxylation is 1. The van der Waals surface area contributed by atoms with Crippen LogP contribution in [0.4, 0.5) is 4.79 Å². The van der Waals surface area contributed by atoms with Gasteiger partial charge in [-0.3, -0.25) is 4.79 Å². The SMILES string of the molecule is CC(C)(C)OC(=O)N1CCCC(C(=O)O)C1.Cc1cc(Cl)c(OCCOc2ccccc2)c(Cl)c1. The van der Waals surface area contributed by atoms with Crippen molar-refractivity contribution in [3.8, 4) is 11.5 Å². The fourth-order valence-corrected chi connectivity index (χ4v) is 4.02. The van der Waals surface area contributed by atoms with Crippen molar-refractivity contribution in [2.45, 2.75) is 46.1 Å². The van der Waals surface area contributed by atoms with Gasteiger partial charge in [-0.05, 0) is 70.4 Å². The number of ether oxygens (including phenoxy) is 3. The van der Waals surface area contributed by atoms with E-state index in [0.717, 1.165) is 17.7 Å². The van der Waals surface area contributed by atoms with Crippen LogP contribution in [0.25, 0.3) is 0 Å². The molecule has 1 aliphatic heterocycles. The number of amides is 1. The molecule has 35 heavy (non-hydrogen) atoms. The molecule has 3 rings (SSSR count). The Bertz CT molecular complexity index is 955. The third-order valence-electron chi connectivity index (χ3n) is 4.91. The third kappa shape index (κ3) is 10.2. The summed E-state index contributed by atoms with van der Waals surface area (Å²) in [6, 6.07) is 13.2. The predicted octanol–water partition coefficient (Wildman–Crippen LogP) is 6.48. The lowest BCUT2D eigenvalue weighted by Gasteiger charge is -2.32. The van der Waals surface area contributed by atoms with Gasteiger partial charge < -0.3 is 24.2 Å². The standard InChI is InChI=1S/C15H14Cl2O2.C11H19NO4/c1-11-9-13(16)15(14(17)10-11)19-8-7-18-12-5-3-2-4-6-12;1-11(2,3)16-10(15)12-6-4-5-8(7-12)9(13)14/h2-6,9-10H,7-8H2,1H3;8H,4-7H2,1-3H3,(H,13,14). The van der Waals surface area contributed by atoms with Crippen molar-refractivity contribution in [2.75, 3.05) is 26.3 Å². The Balaban J connectivity index is 0.000000251. The Morgan fingerprint density at radius 2 is 1.66 bits per heavy atom. The number of likely N-dealkylation sites (tertiary alicyclic amines) is 1. The predicted molar refractivity (Wildman–Crippen MR) is 137 cm³/mol. The van der Waals surface area contributed by atoms with Gasteiger partial charge in [0.15, 0.2) is 5.75 Å². The van der Waals surface area contributed by atoms with Crippen LogP contribution in [-0.2, 0) is 9.53 Å². The molecular weight excluding hydrogens is 493 g/mol. The van der Waals surface area contributed by atoms with E-state index in [-0.39, 0.29) is 6.54 Å². The van der Waals surface area contributed by atoms with Crippen LogP contribution in [0, 0.1) is 12.8 Å². The Morgan fingerprint density at radius 3 is 2.23 bits per heavy atom. The van der Waals surface area contributed by atoms with Gasteiger partial charge in [-0.2, -0.15) is 0 Å². The molecule has 2 aromatic carbocycles. The summed E-state index contributed by atoms with van der Waals surface area (Å²) >= 11 is 12.2. The van der Waals surface area contributed by atoms with Crippen LogP contribution >= 0.6 is 23.2 Å². The number of carbonyl (C=O) groups excluding carboxylic acids is 1. The molecule has 1 amide bonds. The molecule has 2 aromatic rings. The lowest BCUT2D eigenvalue weighted by Crippen LogP contribution is -2.44. The highest BCUT2D eigenvalue weighted by molar-refractivity contribution is 6.37. The van der Waals surface area contributed by atoms with Crippen molar-refractivity contribution < 1.29 is 28.9 Å². The summed E-state index contributed by atoms with van der Waals surface area (Å²) in [5.74, 6) is 0.0207. The van der Waals surface area contributed by atoms with Gasteiger partial charge in [-0.25, -0.2) is 4.79 Å². The molecule has 0 saturated carbocycles. The smallest absolute Gasteiger partial charge is 0.410 e. The average molecular weight is 526 g/mol. The first-order valence-electron chi connectivity index (χ1n) is 11.4. The number of hydrogen-bond acceptors (Lipinski definition) is 5. The highest BCUT2D eigenvalue weighted by atomic mass is 35.5. The Morgan fingerprint density at radius 1 is 1.06 bits per heavy atom. The molecule has 0 spiro atoms. The average Bonchev–Trinajstić information content (AvgIpc) is 2.78. The number of aliphatic carboxylic acids is 1. The number of nitrogens with zero attached hydrogens (tertiary/aromatic N) is 1. The third-order valence-corrected chi connectivity index (χ3v) is 5.47. The van der Waals surface area contributed by atoms with Crippen molar-refractivity contribution in [1.82, 2.24) is 4.90 Å². The Hall–Kier alpha value is -2.64. The molecule has 1 N–H and O–H groups in total. The number of halogens is 2. The fourth-order valence-electron chi connectivity index (χ4n) is 3.32. The van der Waals surface area contributed by atoms with Crippen LogP contribution in [0.15, 0.2) is 42.5 Å². The topological polar surface area (TPSA) is 85.3 Å². The van der Waals surface area contributed by atoms with Crippen LogP contribution in [0.5, 0.6) is 11.5 Å². The van der Waals surface area contributed by atoms with E-state index in [1.165, 1.54) is 4.90 Å². The number of rotatable bonds is 6. The first-order chi connectivity index (χ1) is 16.5. The number of para-hydroxylation sites is 1. The molecule has 1 atom stereocenters. The zero-order valence-corrected chi connectivity index (χ0v) is 22.1. The largest absolute Gasteiger partial charge is 0.490 e. The van der Waals surface area contributed by atoms with Crippen molar-refractivity contribution in [3.05, 3.63) is 58.1 Å². The second-order valence-electron chi connectivity index (χ2n) is 9.17. The zero-order valence-electron chi connectivity index (χ0n) is 20.6. The number of carboxylic acids is 1. The maximum Gasteiger partial charge on any atom is 0.410 e. The normalized spacial score (nSPS) is 15.5. The quantitative estimate of drug-likeness (QED) is 0.434. The van der Waals surface area contributed by atoms with Crippen LogP contribution in [0.3, 0.4) is 0 Å². The lowest BCUT2D eigenvalue weighted by atomic mass is 9.99. The minimum absolute atomic E-state index is 0.254. The van der Waals surface area contributed by atoms with Crippen molar-refractivity contribution in [1.29, 1.82) is 0 Å². The summed E-state index contributed by atoms with van der Waals surface area (Å²) in [6.07, 6.45) is 0.934. The fraction of sp³-hybridized carbons (Fsp3) is 0.462. The molecule has 9 heteroatoms. The molecule has 0 aromatic heterocycles. The summed E-state index contributed by atoms with van der Waals surface area (Å²) in [5, 5.41) is 9.93. The van der Waals surface area contributed by atoms with E-state index in [0.29, 0.717) is 42.0 Å². The summed E-state index contributed by atoms with van der Waals surface area (Å²) < 4.78 is 16.3. The minimum Gasteiger partial charge on any atom is -0.490 e. The van der Waals surface area contributed by atoms with Crippen molar-refractivity contribution in [2.24, 2.45) is 5.92 Å². The van der Waals surface area contributed by atoms with E-state index in [2.05, 4.69) is 0 Å². The van der Waals surface area contributed by atoms with Gasteiger partial charge in [0.1, 0.15) is 24.6 Å². The monoisotopic (exact) mass is 525 g/mol. The van der Waals surface area contributed by atoms with Crippen LogP contribution in [-0.4, -0.2) is 54.0 Å². The van der Waals surface area contributed by atoms with E-state index < -0.39 is 23.6 Å². The first-order valence-corrected chi connectivity index (χ1v) is 12.2. The second-order valence-corrected chi connectivity index (χ2v) is 9.99. The summed E-state index contributed by atoms with van der Waals surface area (Å²) in [4.78, 5) is 24.0. The molecule has 7 nitrogen and oxygen atoms in total. The lowest BCUT2D eigenvalue weighted by molar-refractivity contribution is -0.143. The van der Waals surface area contributed by atoms with Gasteiger partial charge >= 0.3 is 12.1 Å². The maximum absolute atomic E-state index is 11.7. The maximum atomic E-state index is 11.7. The second kappa shape index (κ2) is 13.4. The molecule has 1 fully saturated rings. The van der Waals surface area contributed by atoms with Gasteiger partial charge in [0.2, 0.25) is 0 Å². The van der Waals surface area contributed by atoms with E-state index in [4.69, 9.17) is 42.5 Å². The van der Waals surface area contributed by atoms with Gasteiger partial charge in [-0.15, -0.1) is 0 Å². The highest BCUT2D eigenvalue weighted by Gasteiger charge is 2.30. The van der Waals surface area contributed by atoms with Crippen molar-refractivity contribution >= 4 is 35.3 Å². The van der Waals surface area contributed by atoms with Crippen LogP contribution < -0.4 is 9.47 Å². The number of carbonyl (C=O) groups is 2. The van der Waals surface area contributed by atoms with E-state index in [1.807, 2.05) is 49.4 Å². The first kappa shape index (κ1) is 28.6. The molecule has 0 bridgehead atoms. The molecule has 192 valence electrons. The zero-order chi connectivity index (χ0) is 26.0. The molecule has 0 radical (unpaired) electrons. The van der Waals surface area contributed by atoms with Gasteiger partial charge in [0.05, 0.1) is 16.0 Å². The number of carboxylic acid groups (broad SMARTS) is 1. The van der Waals surface area contributed by atoms with Gasteiger partial charge in [0.25, 0.3) is 0 Å². The number of piperidine rings is 1. The highest BCUT2D eigenvalue weighted by Crippen LogP contribution is 2.33. The molecule has 1 aliphatic rings. The van der Waals surface area contributed by atoms with Gasteiger partial charge in [-0.1, -0.05) is 41.4 Å². The minimum atomic E-state index is -0.840. The summed E-state index contributed by atoms with van der Waals surface area (Å²) in [5.41, 5.74) is 0.468. The van der Waals surface area contributed by atoms with Crippen LogP contribution in [0.2, 0.25) is 10.0 Å². The van der Waals surface area contributed by atoms with E-state index >= 15 is 0 Å². The number of hydrogen-bond donors (Lipinski definition) is 1. The van der Waals surface area contributed by atoms with E-state index in [1.54, 1.807) is 20.8 Å². The molecule has 1 heterocycles. The molecular formula is C26H33Cl2NO6. The van der Waals surface area contributed by atoms with Gasteiger partial charge in [0, 0.05) is 13.1 Å². The molecule has 1 saturated heterocycles. The van der Waals surface area contributed by atoms with E-state index in [9.17, 15) is 9.59 Å². The van der Waals surface area contributed by atoms with Crippen LogP contribution in [0.1, 0.15) is 39.2 Å². The molecule has 1 unspecified atom stereocenters. The number of benzene rings is 2. The molecule has 0 aliphatic carbocycles. The van der Waals surface area contributed by atoms with Crippen molar-refractivity contribution in [3.63, 3.8) is 0 Å².